The lowest BCUT2D eigenvalue weighted by Gasteiger charge is -2.21. The molecule has 0 aromatic heterocycles. The Morgan fingerprint density at radius 3 is 2.61 bits per heavy atom. The third-order valence-corrected chi connectivity index (χ3v) is 4.52. The molecule has 2 aromatic rings. The molecule has 18 heavy (non-hydrogen) atoms. The van der Waals surface area contributed by atoms with Crippen LogP contribution in [0.1, 0.15) is 17.2 Å². The van der Waals surface area contributed by atoms with E-state index in [2.05, 4.69) is 17.3 Å². The summed E-state index contributed by atoms with van der Waals surface area (Å²) >= 11 is 1.65. The number of para-hydroxylation sites is 1. The fourth-order valence-corrected chi connectivity index (χ4v) is 3.44. The van der Waals surface area contributed by atoms with Crippen LogP contribution in [0.4, 0.5) is 5.69 Å². The maximum Gasteiger partial charge on any atom is 0.148 e. The second-order valence-electron chi connectivity index (χ2n) is 4.33. The standard InChI is InChI=1S/C15H13NOS/c1-11-6-5-9-13-14(10-17)16(18-15(11)13)12-7-3-2-4-8-12/h2-10,14H,1H3. The molecule has 1 aliphatic rings. The van der Waals surface area contributed by atoms with Gasteiger partial charge in [-0.2, -0.15) is 0 Å². The van der Waals surface area contributed by atoms with Gasteiger partial charge in [-0.1, -0.05) is 36.4 Å². The van der Waals surface area contributed by atoms with E-state index in [9.17, 15) is 4.79 Å². The summed E-state index contributed by atoms with van der Waals surface area (Å²) in [6.45, 7) is 2.09. The molecule has 1 unspecified atom stereocenters. The molecule has 0 spiro atoms. The highest BCUT2D eigenvalue weighted by Crippen LogP contribution is 2.47. The molecule has 2 nitrogen and oxygen atoms in total. The lowest BCUT2D eigenvalue weighted by Crippen LogP contribution is -2.17. The maximum atomic E-state index is 11.4. The predicted octanol–water partition coefficient (Wildman–Crippen LogP) is 3.76. The molecule has 0 saturated heterocycles. The Hall–Kier alpha value is -1.74. The highest BCUT2D eigenvalue weighted by Gasteiger charge is 2.32. The number of fused-ring (bicyclic) bond motifs is 1. The van der Waals surface area contributed by atoms with Crippen LogP contribution < -0.4 is 4.31 Å². The third kappa shape index (κ3) is 1.71. The Labute approximate surface area is 111 Å². The molecule has 0 aliphatic carbocycles. The van der Waals surface area contributed by atoms with E-state index in [4.69, 9.17) is 0 Å². The minimum atomic E-state index is -0.188. The second kappa shape index (κ2) is 4.50. The molecule has 3 heteroatoms. The van der Waals surface area contributed by atoms with Gasteiger partial charge in [-0.15, -0.1) is 0 Å². The van der Waals surface area contributed by atoms with Crippen LogP contribution in [-0.2, 0) is 4.79 Å². The smallest absolute Gasteiger partial charge is 0.148 e. The quantitative estimate of drug-likeness (QED) is 0.602. The zero-order valence-electron chi connectivity index (χ0n) is 10.0. The van der Waals surface area contributed by atoms with Gasteiger partial charge in [0, 0.05) is 10.6 Å². The molecule has 1 heterocycles. The molecule has 0 N–H and O–H groups in total. The number of aryl methyl sites for hydroxylation is 1. The lowest BCUT2D eigenvalue weighted by molar-refractivity contribution is -0.108. The Bertz CT molecular complexity index is 582. The number of anilines is 1. The van der Waals surface area contributed by atoms with Crippen LogP contribution in [0.3, 0.4) is 0 Å². The molecular formula is C15H13NOS. The maximum absolute atomic E-state index is 11.4. The monoisotopic (exact) mass is 255 g/mol. The minimum absolute atomic E-state index is 0.188. The van der Waals surface area contributed by atoms with E-state index < -0.39 is 0 Å². The number of carbonyl (C=O) groups is 1. The molecule has 90 valence electrons. The Kier molecular flexibility index (Phi) is 2.84. The third-order valence-electron chi connectivity index (χ3n) is 3.14. The Balaban J connectivity index is 2.07. The van der Waals surface area contributed by atoms with Crippen molar-refractivity contribution >= 4 is 23.9 Å². The first-order valence-corrected chi connectivity index (χ1v) is 6.65. The number of rotatable bonds is 2. The fourth-order valence-electron chi connectivity index (χ4n) is 2.23. The SMILES string of the molecule is Cc1cccc2c1SN(c1ccccc1)C2C=O. The Morgan fingerprint density at radius 2 is 1.89 bits per heavy atom. The van der Waals surface area contributed by atoms with Gasteiger partial charge in [0.25, 0.3) is 0 Å². The highest BCUT2D eigenvalue weighted by molar-refractivity contribution is 8.01. The van der Waals surface area contributed by atoms with E-state index in [0.29, 0.717) is 0 Å². The first kappa shape index (κ1) is 11.4. The van der Waals surface area contributed by atoms with Crippen LogP contribution >= 0.6 is 11.9 Å². The lowest BCUT2D eigenvalue weighted by atomic mass is 10.1. The summed E-state index contributed by atoms with van der Waals surface area (Å²) in [5.41, 5.74) is 3.40. The summed E-state index contributed by atoms with van der Waals surface area (Å²) in [4.78, 5) is 12.6. The van der Waals surface area contributed by atoms with Gasteiger partial charge in [-0.25, -0.2) is 0 Å². The number of hydrogen-bond donors (Lipinski definition) is 0. The van der Waals surface area contributed by atoms with Gasteiger partial charge < -0.3 is 4.79 Å². The molecular weight excluding hydrogens is 242 g/mol. The van der Waals surface area contributed by atoms with Crippen LogP contribution in [0, 0.1) is 6.92 Å². The molecule has 1 atom stereocenters. The van der Waals surface area contributed by atoms with Crippen molar-refractivity contribution in [1.29, 1.82) is 0 Å². The topological polar surface area (TPSA) is 20.3 Å². The van der Waals surface area contributed by atoms with Crippen molar-refractivity contribution in [2.45, 2.75) is 17.9 Å². The van der Waals surface area contributed by atoms with Crippen molar-refractivity contribution in [3.05, 3.63) is 59.7 Å². The van der Waals surface area contributed by atoms with Gasteiger partial charge in [-0.3, -0.25) is 4.31 Å². The van der Waals surface area contributed by atoms with E-state index in [1.54, 1.807) is 11.9 Å². The number of hydrogen-bond acceptors (Lipinski definition) is 3. The number of nitrogens with zero attached hydrogens (tertiary/aromatic N) is 1. The molecule has 0 fully saturated rings. The summed E-state index contributed by atoms with van der Waals surface area (Å²) in [6, 6.07) is 16.0. The van der Waals surface area contributed by atoms with Gasteiger partial charge >= 0.3 is 0 Å². The molecule has 0 amide bonds. The van der Waals surface area contributed by atoms with Gasteiger partial charge in [0.1, 0.15) is 12.3 Å². The normalized spacial score (nSPS) is 17.6. The van der Waals surface area contributed by atoms with E-state index in [-0.39, 0.29) is 6.04 Å². The molecule has 3 rings (SSSR count). The molecule has 0 radical (unpaired) electrons. The van der Waals surface area contributed by atoms with Crippen molar-refractivity contribution in [3.8, 4) is 0 Å². The van der Waals surface area contributed by atoms with Crippen molar-refractivity contribution in [1.82, 2.24) is 0 Å². The predicted molar refractivity (Wildman–Crippen MR) is 74.8 cm³/mol. The minimum Gasteiger partial charge on any atom is -0.301 e. The highest BCUT2D eigenvalue weighted by atomic mass is 32.2. The van der Waals surface area contributed by atoms with Crippen LogP contribution in [0.25, 0.3) is 0 Å². The zero-order chi connectivity index (χ0) is 12.5. The van der Waals surface area contributed by atoms with Crippen LogP contribution in [0.2, 0.25) is 0 Å². The van der Waals surface area contributed by atoms with Crippen LogP contribution in [0.5, 0.6) is 0 Å². The number of benzene rings is 2. The average molecular weight is 255 g/mol. The molecule has 1 aliphatic heterocycles. The largest absolute Gasteiger partial charge is 0.301 e. The fraction of sp³-hybridized carbons (Fsp3) is 0.133. The summed E-state index contributed by atoms with van der Waals surface area (Å²) in [6.07, 6.45) is 1.02. The molecule has 0 saturated carbocycles. The van der Waals surface area contributed by atoms with Gasteiger partial charge in [0.05, 0.1) is 0 Å². The first-order chi connectivity index (χ1) is 8.81. The summed E-state index contributed by atoms with van der Waals surface area (Å²) in [5.74, 6) is 0. The molecule has 0 bridgehead atoms. The van der Waals surface area contributed by atoms with E-state index in [1.807, 2.05) is 42.5 Å². The van der Waals surface area contributed by atoms with E-state index in [0.717, 1.165) is 17.5 Å². The van der Waals surface area contributed by atoms with Gasteiger partial charge in [0.15, 0.2) is 0 Å². The molecule has 2 aromatic carbocycles. The Morgan fingerprint density at radius 1 is 1.11 bits per heavy atom. The van der Waals surface area contributed by atoms with Crippen molar-refractivity contribution in [2.75, 3.05) is 4.31 Å². The summed E-state index contributed by atoms with van der Waals surface area (Å²) < 4.78 is 2.07. The van der Waals surface area contributed by atoms with E-state index >= 15 is 0 Å². The van der Waals surface area contributed by atoms with Crippen LogP contribution in [-0.4, -0.2) is 6.29 Å². The zero-order valence-corrected chi connectivity index (χ0v) is 10.9. The van der Waals surface area contributed by atoms with Gasteiger partial charge in [0.2, 0.25) is 0 Å². The number of carbonyl (C=O) groups excluding carboxylic acids is 1. The van der Waals surface area contributed by atoms with Crippen molar-refractivity contribution < 1.29 is 4.79 Å². The van der Waals surface area contributed by atoms with Gasteiger partial charge in [-0.05, 0) is 42.1 Å². The average Bonchev–Trinajstić information content (AvgIpc) is 2.80. The second-order valence-corrected chi connectivity index (χ2v) is 5.31. The number of aldehydes is 1. The van der Waals surface area contributed by atoms with Crippen molar-refractivity contribution in [3.63, 3.8) is 0 Å². The summed E-state index contributed by atoms with van der Waals surface area (Å²) in [5, 5.41) is 0. The first-order valence-electron chi connectivity index (χ1n) is 5.88. The van der Waals surface area contributed by atoms with E-state index in [1.165, 1.54) is 10.5 Å². The van der Waals surface area contributed by atoms with Crippen LogP contribution in [0.15, 0.2) is 53.4 Å². The summed E-state index contributed by atoms with van der Waals surface area (Å²) in [7, 11) is 0. The van der Waals surface area contributed by atoms with Crippen molar-refractivity contribution in [2.24, 2.45) is 0 Å².